The third kappa shape index (κ3) is 3.78. The molecule has 0 saturated heterocycles. The number of nitrogens with one attached hydrogen (secondary N) is 1. The quantitative estimate of drug-likeness (QED) is 0.722. The number of thiophene rings is 1. The van der Waals surface area contributed by atoms with Crippen molar-refractivity contribution in [2.24, 2.45) is 5.73 Å². The van der Waals surface area contributed by atoms with Crippen LogP contribution < -0.4 is 15.2 Å². The predicted octanol–water partition coefficient (Wildman–Crippen LogP) is 3.54. The molecule has 2 rings (SSSR count). The zero-order chi connectivity index (χ0) is 15.6. The Kier molecular flexibility index (Phi) is 5.31. The van der Waals surface area contributed by atoms with Gasteiger partial charge in [-0.3, -0.25) is 4.72 Å². The van der Waals surface area contributed by atoms with E-state index in [0.717, 1.165) is 4.88 Å². The monoisotopic (exact) mass is 454 g/mol. The summed E-state index contributed by atoms with van der Waals surface area (Å²) < 4.78 is 33.6. The van der Waals surface area contributed by atoms with E-state index < -0.39 is 10.0 Å². The van der Waals surface area contributed by atoms with E-state index in [2.05, 4.69) is 36.6 Å². The van der Waals surface area contributed by atoms with E-state index in [9.17, 15) is 8.42 Å². The standard InChI is InChI=1S/C12H12Br2N2O3S2/c1-19-10-3-2-7(4-9(10)13)16-21(17,18)11-5-8(6-15)20-12(11)14/h2-5,16H,6,15H2,1H3. The lowest BCUT2D eigenvalue weighted by molar-refractivity contribution is 0.412. The van der Waals surface area contributed by atoms with Crippen LogP contribution in [-0.2, 0) is 16.6 Å². The van der Waals surface area contributed by atoms with Crippen molar-refractivity contribution >= 4 is 58.9 Å². The average molecular weight is 456 g/mol. The number of ether oxygens (including phenoxy) is 1. The van der Waals surface area contributed by atoms with E-state index in [1.54, 1.807) is 31.4 Å². The molecule has 0 aliphatic heterocycles. The maximum atomic E-state index is 12.4. The Hall–Kier alpha value is -0.610. The third-order valence-electron chi connectivity index (χ3n) is 2.60. The van der Waals surface area contributed by atoms with Crippen LogP contribution in [0.3, 0.4) is 0 Å². The van der Waals surface area contributed by atoms with Gasteiger partial charge in [0.25, 0.3) is 10.0 Å². The lowest BCUT2D eigenvalue weighted by Gasteiger charge is -2.09. The molecule has 0 amide bonds. The third-order valence-corrected chi connectivity index (χ3v) is 6.88. The number of anilines is 1. The van der Waals surface area contributed by atoms with Gasteiger partial charge >= 0.3 is 0 Å². The first-order valence-corrected chi connectivity index (χ1v) is 9.60. The lowest BCUT2D eigenvalue weighted by atomic mass is 10.3. The van der Waals surface area contributed by atoms with Crippen LogP contribution in [-0.4, -0.2) is 15.5 Å². The fourth-order valence-corrected chi connectivity index (χ4v) is 5.77. The largest absolute Gasteiger partial charge is 0.496 e. The summed E-state index contributed by atoms with van der Waals surface area (Å²) in [5.41, 5.74) is 5.97. The molecule has 0 atom stereocenters. The van der Waals surface area contributed by atoms with Crippen molar-refractivity contribution in [2.45, 2.75) is 11.4 Å². The fourth-order valence-electron chi connectivity index (χ4n) is 1.62. The number of hydrogen-bond acceptors (Lipinski definition) is 5. The topological polar surface area (TPSA) is 81.4 Å². The molecule has 0 radical (unpaired) electrons. The normalized spacial score (nSPS) is 11.4. The molecule has 114 valence electrons. The molecule has 0 spiro atoms. The molecule has 21 heavy (non-hydrogen) atoms. The molecule has 0 fully saturated rings. The number of methoxy groups -OCH3 is 1. The van der Waals surface area contributed by atoms with Gasteiger partial charge in [-0.05, 0) is 56.1 Å². The molecule has 0 bridgehead atoms. The van der Waals surface area contributed by atoms with Crippen LogP contribution in [0.2, 0.25) is 0 Å². The van der Waals surface area contributed by atoms with E-state index in [1.807, 2.05) is 0 Å². The molecule has 1 heterocycles. The number of nitrogens with two attached hydrogens (primary N) is 1. The molecule has 3 N–H and O–H groups in total. The molecule has 0 unspecified atom stereocenters. The van der Waals surface area contributed by atoms with Crippen molar-refractivity contribution in [1.29, 1.82) is 0 Å². The first kappa shape index (κ1) is 16.8. The number of halogens is 2. The van der Waals surface area contributed by atoms with E-state index in [1.165, 1.54) is 11.3 Å². The molecular weight excluding hydrogens is 444 g/mol. The molecule has 0 aliphatic rings. The summed E-state index contributed by atoms with van der Waals surface area (Å²) >= 11 is 7.88. The highest BCUT2D eigenvalue weighted by atomic mass is 79.9. The van der Waals surface area contributed by atoms with E-state index >= 15 is 0 Å². The molecule has 0 aliphatic carbocycles. The van der Waals surface area contributed by atoms with Gasteiger partial charge in [0.2, 0.25) is 0 Å². The number of sulfonamides is 1. The second-order valence-electron chi connectivity index (χ2n) is 4.01. The summed E-state index contributed by atoms with van der Waals surface area (Å²) in [4.78, 5) is 0.970. The zero-order valence-electron chi connectivity index (χ0n) is 10.9. The van der Waals surface area contributed by atoms with Crippen molar-refractivity contribution < 1.29 is 13.2 Å². The number of hydrogen-bond donors (Lipinski definition) is 2. The van der Waals surface area contributed by atoms with Crippen molar-refractivity contribution in [1.82, 2.24) is 0 Å². The molecule has 2 aromatic rings. The van der Waals surface area contributed by atoms with Gasteiger partial charge in [0, 0.05) is 11.4 Å². The van der Waals surface area contributed by atoms with Gasteiger partial charge in [0.1, 0.15) is 10.6 Å². The first-order chi connectivity index (χ1) is 9.87. The molecular formula is C12H12Br2N2O3S2. The van der Waals surface area contributed by atoms with Crippen molar-refractivity contribution in [3.63, 3.8) is 0 Å². The minimum Gasteiger partial charge on any atom is -0.496 e. The van der Waals surface area contributed by atoms with Crippen LogP contribution in [0.5, 0.6) is 5.75 Å². The number of rotatable bonds is 5. The summed E-state index contributed by atoms with van der Waals surface area (Å²) in [7, 11) is -2.13. The van der Waals surface area contributed by atoms with E-state index in [4.69, 9.17) is 10.5 Å². The van der Waals surface area contributed by atoms with Gasteiger partial charge in [0.05, 0.1) is 21.1 Å². The van der Waals surface area contributed by atoms with Crippen LogP contribution in [0, 0.1) is 0 Å². The van der Waals surface area contributed by atoms with Crippen LogP contribution in [0.25, 0.3) is 0 Å². The summed E-state index contributed by atoms with van der Waals surface area (Å²) in [6, 6.07) is 6.51. The number of benzene rings is 1. The molecule has 0 saturated carbocycles. The van der Waals surface area contributed by atoms with Crippen molar-refractivity contribution in [3.05, 3.63) is 37.4 Å². The first-order valence-electron chi connectivity index (χ1n) is 5.72. The Balaban J connectivity index is 2.32. The highest BCUT2D eigenvalue weighted by molar-refractivity contribution is 9.11. The Morgan fingerprint density at radius 1 is 1.33 bits per heavy atom. The van der Waals surface area contributed by atoms with Crippen LogP contribution >= 0.6 is 43.2 Å². The van der Waals surface area contributed by atoms with Gasteiger partial charge < -0.3 is 10.5 Å². The minimum absolute atomic E-state index is 0.180. The van der Waals surface area contributed by atoms with Crippen molar-refractivity contribution in [3.8, 4) is 5.75 Å². The molecule has 5 nitrogen and oxygen atoms in total. The Morgan fingerprint density at radius 2 is 2.05 bits per heavy atom. The average Bonchev–Trinajstić information content (AvgIpc) is 2.81. The smallest absolute Gasteiger partial charge is 0.263 e. The van der Waals surface area contributed by atoms with Crippen LogP contribution in [0.4, 0.5) is 5.69 Å². The van der Waals surface area contributed by atoms with E-state index in [-0.39, 0.29) is 4.90 Å². The minimum atomic E-state index is -3.67. The van der Waals surface area contributed by atoms with Gasteiger partial charge in [-0.15, -0.1) is 11.3 Å². The zero-order valence-corrected chi connectivity index (χ0v) is 15.7. The SMILES string of the molecule is COc1ccc(NS(=O)(=O)c2cc(CN)sc2Br)cc1Br. The summed E-state index contributed by atoms with van der Waals surface area (Å²) in [5, 5.41) is 0. The predicted molar refractivity (Wildman–Crippen MR) is 91.4 cm³/mol. The van der Waals surface area contributed by atoms with Gasteiger partial charge in [-0.1, -0.05) is 0 Å². The summed E-state index contributed by atoms with van der Waals surface area (Å²) in [5.74, 6) is 0.625. The Bertz CT molecular complexity index is 760. The Morgan fingerprint density at radius 3 is 2.57 bits per heavy atom. The van der Waals surface area contributed by atoms with Crippen LogP contribution in [0.15, 0.2) is 37.4 Å². The highest BCUT2D eigenvalue weighted by Gasteiger charge is 2.21. The van der Waals surface area contributed by atoms with Gasteiger partial charge in [-0.25, -0.2) is 8.42 Å². The fraction of sp³-hybridized carbons (Fsp3) is 0.167. The second-order valence-corrected chi connectivity index (χ2v) is 8.97. The molecule has 1 aromatic heterocycles. The highest BCUT2D eigenvalue weighted by Crippen LogP contribution is 2.34. The Labute approximate surface area is 143 Å². The summed E-state index contributed by atoms with van der Waals surface area (Å²) in [6.45, 7) is 0.298. The van der Waals surface area contributed by atoms with Gasteiger partial charge in [0.15, 0.2) is 0 Å². The maximum Gasteiger partial charge on any atom is 0.263 e. The molecule has 1 aromatic carbocycles. The summed E-state index contributed by atoms with van der Waals surface area (Å²) in [6.07, 6.45) is 0. The molecule has 9 heteroatoms. The van der Waals surface area contributed by atoms with Crippen LogP contribution in [0.1, 0.15) is 4.88 Å². The van der Waals surface area contributed by atoms with Gasteiger partial charge in [-0.2, -0.15) is 0 Å². The maximum absolute atomic E-state index is 12.4. The lowest BCUT2D eigenvalue weighted by Crippen LogP contribution is -2.12. The second kappa shape index (κ2) is 6.66. The van der Waals surface area contributed by atoms with Crippen molar-refractivity contribution in [2.75, 3.05) is 11.8 Å². The van der Waals surface area contributed by atoms with E-state index in [0.29, 0.717) is 26.2 Å².